The van der Waals surface area contributed by atoms with Crippen molar-refractivity contribution in [2.75, 3.05) is 13.2 Å². The number of carbonyl (C=O) groups is 2. The fourth-order valence-electron chi connectivity index (χ4n) is 6.26. The Kier molecular flexibility index (Phi) is 36.3. The molecule has 1 saturated carbocycles. The molecular formula is C51H81O13P. The first kappa shape index (κ1) is 59.5. The van der Waals surface area contributed by atoms with Crippen LogP contribution < -0.4 is 0 Å². The maximum atomic E-state index is 12.8. The van der Waals surface area contributed by atoms with Crippen molar-refractivity contribution in [2.45, 2.75) is 185 Å². The zero-order valence-electron chi connectivity index (χ0n) is 39.0. The fraction of sp³-hybridized carbons (Fsp3) is 0.608. The van der Waals surface area contributed by atoms with E-state index in [4.69, 9.17) is 18.5 Å². The van der Waals surface area contributed by atoms with E-state index >= 15 is 0 Å². The first-order chi connectivity index (χ1) is 31.4. The van der Waals surface area contributed by atoms with Gasteiger partial charge in [0.05, 0.1) is 6.61 Å². The summed E-state index contributed by atoms with van der Waals surface area (Å²) in [6.45, 7) is 3.12. The Labute approximate surface area is 389 Å². The van der Waals surface area contributed by atoms with E-state index in [0.717, 1.165) is 51.4 Å². The van der Waals surface area contributed by atoms with E-state index in [2.05, 4.69) is 92.8 Å². The molecule has 0 radical (unpaired) electrons. The highest BCUT2D eigenvalue weighted by atomic mass is 31.2. The van der Waals surface area contributed by atoms with Crippen molar-refractivity contribution in [2.24, 2.45) is 0 Å². The van der Waals surface area contributed by atoms with Crippen molar-refractivity contribution < 1.29 is 63.1 Å². The van der Waals surface area contributed by atoms with Crippen molar-refractivity contribution in [3.8, 4) is 0 Å². The predicted octanol–water partition coefficient (Wildman–Crippen LogP) is 9.61. The van der Waals surface area contributed by atoms with Gasteiger partial charge in [-0.15, -0.1) is 0 Å². The minimum absolute atomic E-state index is 0.00143. The average molecular weight is 933 g/mol. The molecule has 0 aromatic rings. The Morgan fingerprint density at radius 3 is 1.26 bits per heavy atom. The molecule has 0 aromatic heterocycles. The largest absolute Gasteiger partial charge is 0.472 e. The van der Waals surface area contributed by atoms with Crippen molar-refractivity contribution in [1.82, 2.24) is 0 Å². The highest BCUT2D eigenvalue weighted by Crippen LogP contribution is 2.47. The van der Waals surface area contributed by atoms with Crippen LogP contribution in [0.2, 0.25) is 0 Å². The molecule has 0 aromatic carbocycles. The number of ether oxygens (including phenoxy) is 2. The smallest absolute Gasteiger partial charge is 0.462 e. The van der Waals surface area contributed by atoms with Crippen molar-refractivity contribution in [3.63, 3.8) is 0 Å². The summed E-state index contributed by atoms with van der Waals surface area (Å²) in [6, 6.07) is 0. The molecule has 65 heavy (non-hydrogen) atoms. The molecule has 0 aliphatic heterocycles. The zero-order valence-corrected chi connectivity index (χ0v) is 39.9. The number of allylic oxidation sites excluding steroid dienone is 18. The summed E-state index contributed by atoms with van der Waals surface area (Å²) in [4.78, 5) is 35.7. The lowest BCUT2D eigenvalue weighted by atomic mass is 9.85. The van der Waals surface area contributed by atoms with E-state index in [1.165, 1.54) is 38.5 Å². The molecule has 14 heteroatoms. The number of rotatable bonds is 37. The highest BCUT2D eigenvalue weighted by molar-refractivity contribution is 7.47. The van der Waals surface area contributed by atoms with E-state index in [-0.39, 0.29) is 12.8 Å². The normalized spacial score (nSPS) is 22.4. The monoisotopic (exact) mass is 933 g/mol. The van der Waals surface area contributed by atoms with Gasteiger partial charge in [-0.2, -0.15) is 0 Å². The number of aliphatic hydroxyl groups is 5. The van der Waals surface area contributed by atoms with Gasteiger partial charge in [-0.3, -0.25) is 18.6 Å². The minimum Gasteiger partial charge on any atom is -0.462 e. The van der Waals surface area contributed by atoms with Gasteiger partial charge in [0, 0.05) is 12.8 Å². The van der Waals surface area contributed by atoms with E-state index in [0.29, 0.717) is 25.7 Å². The van der Waals surface area contributed by atoms with Gasteiger partial charge in [-0.1, -0.05) is 149 Å². The number of hydrogen-bond donors (Lipinski definition) is 6. The van der Waals surface area contributed by atoms with Crippen LogP contribution in [0.3, 0.4) is 0 Å². The molecule has 0 saturated heterocycles. The maximum Gasteiger partial charge on any atom is 0.472 e. The van der Waals surface area contributed by atoms with E-state index in [1.54, 1.807) is 0 Å². The van der Waals surface area contributed by atoms with Gasteiger partial charge in [0.2, 0.25) is 0 Å². The van der Waals surface area contributed by atoms with Crippen LogP contribution in [0.5, 0.6) is 0 Å². The molecule has 1 aliphatic carbocycles. The molecule has 6 N–H and O–H groups in total. The molecule has 8 atom stereocenters. The second kappa shape index (κ2) is 39.7. The zero-order chi connectivity index (χ0) is 47.8. The van der Waals surface area contributed by atoms with E-state index in [9.17, 15) is 44.6 Å². The molecule has 0 amide bonds. The lowest BCUT2D eigenvalue weighted by molar-refractivity contribution is -0.220. The Morgan fingerprint density at radius 1 is 0.477 bits per heavy atom. The SMILES string of the molecule is CCCCC/C=C/C/C=C/C/C=C/C/C=C/C/C=C/CCC(=O)OC[C@@H](COP(=O)(O)OC1C(O)C(O)C(O)[C@H](O)C1O)OC(=O)CCC/C=C/C/C=C/C/C=C/C/C=C/CCCCC. The van der Waals surface area contributed by atoms with Crippen LogP contribution in [0, 0.1) is 0 Å². The lowest BCUT2D eigenvalue weighted by Gasteiger charge is -2.41. The summed E-state index contributed by atoms with van der Waals surface area (Å²) < 4.78 is 33.4. The van der Waals surface area contributed by atoms with Gasteiger partial charge in [-0.25, -0.2) is 4.57 Å². The first-order valence-corrected chi connectivity index (χ1v) is 25.2. The van der Waals surface area contributed by atoms with Gasteiger partial charge >= 0.3 is 19.8 Å². The Hall–Kier alpha value is -3.49. The van der Waals surface area contributed by atoms with Gasteiger partial charge in [0.25, 0.3) is 0 Å². The number of esters is 2. The van der Waals surface area contributed by atoms with Crippen LogP contribution in [0.4, 0.5) is 0 Å². The highest BCUT2D eigenvalue weighted by Gasteiger charge is 2.51. The van der Waals surface area contributed by atoms with Gasteiger partial charge in [0.1, 0.15) is 43.2 Å². The number of carbonyl (C=O) groups excluding carboxylic acids is 2. The van der Waals surface area contributed by atoms with Crippen molar-refractivity contribution in [3.05, 3.63) is 109 Å². The quantitative estimate of drug-likeness (QED) is 0.0149. The third kappa shape index (κ3) is 32.0. The second-order valence-electron chi connectivity index (χ2n) is 15.9. The number of phosphoric acid groups is 1. The number of phosphoric ester groups is 1. The summed E-state index contributed by atoms with van der Waals surface area (Å²) in [5.41, 5.74) is 0. The van der Waals surface area contributed by atoms with E-state index < -0.39 is 75.7 Å². The number of hydrogen-bond acceptors (Lipinski definition) is 12. The van der Waals surface area contributed by atoms with Crippen LogP contribution in [-0.4, -0.2) is 98.3 Å². The topological polar surface area (TPSA) is 210 Å². The molecular weight excluding hydrogens is 852 g/mol. The second-order valence-corrected chi connectivity index (χ2v) is 17.3. The summed E-state index contributed by atoms with van der Waals surface area (Å²) in [5, 5.41) is 50.2. The third-order valence-electron chi connectivity index (χ3n) is 10.1. The Morgan fingerprint density at radius 2 is 0.846 bits per heavy atom. The van der Waals surface area contributed by atoms with Crippen LogP contribution >= 0.6 is 7.82 Å². The maximum absolute atomic E-state index is 12.8. The molecule has 1 rings (SSSR count). The molecule has 0 bridgehead atoms. The third-order valence-corrected chi connectivity index (χ3v) is 11.1. The van der Waals surface area contributed by atoms with Gasteiger partial charge in [-0.05, 0) is 89.9 Å². The molecule has 0 heterocycles. The number of aliphatic hydroxyl groups excluding tert-OH is 5. The molecule has 1 aliphatic rings. The summed E-state index contributed by atoms with van der Waals surface area (Å²) in [5.74, 6) is -1.27. The average Bonchev–Trinajstić information content (AvgIpc) is 3.29. The Bertz CT molecular complexity index is 1550. The molecule has 6 unspecified atom stereocenters. The molecule has 13 nitrogen and oxygen atoms in total. The van der Waals surface area contributed by atoms with Crippen molar-refractivity contribution in [1.29, 1.82) is 0 Å². The van der Waals surface area contributed by atoms with Gasteiger partial charge < -0.3 is 39.9 Å². The fourth-order valence-corrected chi connectivity index (χ4v) is 7.23. The van der Waals surface area contributed by atoms with E-state index in [1.807, 2.05) is 30.4 Å². The molecule has 368 valence electrons. The summed E-state index contributed by atoms with van der Waals surface area (Å²) in [6.07, 6.45) is 41.6. The Balaban J connectivity index is 2.56. The lowest BCUT2D eigenvalue weighted by Crippen LogP contribution is -2.64. The summed E-state index contributed by atoms with van der Waals surface area (Å²) in [7, 11) is -5.16. The van der Waals surface area contributed by atoms with Crippen LogP contribution in [0.15, 0.2) is 109 Å². The van der Waals surface area contributed by atoms with Crippen molar-refractivity contribution >= 4 is 19.8 Å². The summed E-state index contributed by atoms with van der Waals surface area (Å²) >= 11 is 0. The standard InChI is InChI=1S/C51H81O13P/c1-3-5-7-9-11-13-15-17-19-21-22-24-25-27-29-31-33-35-37-39-44(52)61-41-43(42-62-65(59,60)64-51-49(57)47(55)46(54)48(56)50(51)58)63-45(53)40-38-36-34-32-30-28-26-23-20-18-16-14-12-10-8-6-4-2/h11-14,17-20,22,24,26-29,32-35,43,46-51,54-58H,3-10,15-16,21,23,25,30-31,36-42H2,1-2H3,(H,59,60)/b13-11+,14-12+,19-17+,20-18+,24-22+,28-26+,29-27+,34-32+,35-33+/t43-,46?,47-,48?,49?,50?,51?/m0/s1. The van der Waals surface area contributed by atoms with Crippen LogP contribution in [-0.2, 0) is 32.7 Å². The minimum atomic E-state index is -5.16. The van der Waals surface area contributed by atoms with Gasteiger partial charge in [0.15, 0.2) is 6.10 Å². The predicted molar refractivity (Wildman–Crippen MR) is 257 cm³/mol. The number of unbranched alkanes of at least 4 members (excludes halogenated alkanes) is 7. The first-order valence-electron chi connectivity index (χ1n) is 23.7. The van der Waals surface area contributed by atoms with Crippen LogP contribution in [0.25, 0.3) is 0 Å². The van der Waals surface area contributed by atoms with Crippen LogP contribution in [0.1, 0.15) is 142 Å². The molecule has 0 spiro atoms. The molecule has 1 fully saturated rings.